The largest absolute Gasteiger partial charge is 0.268 e. The van der Waals surface area contributed by atoms with E-state index in [1.54, 1.807) is 24.6 Å². The van der Waals surface area contributed by atoms with Gasteiger partial charge in [-0.25, -0.2) is 17.5 Å². The molecule has 1 unspecified atom stereocenters. The van der Waals surface area contributed by atoms with Gasteiger partial charge < -0.3 is 0 Å². The Labute approximate surface area is 164 Å². The fourth-order valence-electron chi connectivity index (χ4n) is 3.98. The van der Waals surface area contributed by atoms with E-state index in [1.165, 1.54) is 16.4 Å². The van der Waals surface area contributed by atoms with E-state index in [0.29, 0.717) is 35.5 Å². The van der Waals surface area contributed by atoms with E-state index in [0.717, 1.165) is 5.69 Å². The molecule has 4 rings (SSSR count). The highest BCUT2D eigenvalue weighted by atomic mass is 32.2. The minimum Gasteiger partial charge on any atom is -0.263 e. The number of hydrogen-bond donors (Lipinski definition) is 0. The van der Waals surface area contributed by atoms with E-state index in [-0.39, 0.29) is 16.8 Å². The fraction of sp³-hybridized carbons (Fsp3) is 0.286. The van der Waals surface area contributed by atoms with Crippen molar-refractivity contribution in [2.45, 2.75) is 44.6 Å². The van der Waals surface area contributed by atoms with Gasteiger partial charge in [-0.05, 0) is 69.5 Å². The van der Waals surface area contributed by atoms with E-state index in [9.17, 15) is 12.8 Å². The first-order chi connectivity index (χ1) is 13.3. The molecule has 146 valence electrons. The van der Waals surface area contributed by atoms with E-state index < -0.39 is 10.0 Å². The van der Waals surface area contributed by atoms with Crippen LogP contribution in [0.4, 0.5) is 10.1 Å². The maximum atomic E-state index is 13.7. The number of benzene rings is 2. The van der Waals surface area contributed by atoms with Crippen molar-refractivity contribution in [3.63, 3.8) is 0 Å². The van der Waals surface area contributed by atoms with Gasteiger partial charge >= 0.3 is 0 Å². The molecule has 1 atom stereocenters. The van der Waals surface area contributed by atoms with Crippen molar-refractivity contribution in [2.75, 3.05) is 4.31 Å². The number of rotatable bonds is 3. The Morgan fingerprint density at radius 3 is 2.54 bits per heavy atom. The van der Waals surface area contributed by atoms with Gasteiger partial charge in [0.05, 0.1) is 22.8 Å². The van der Waals surface area contributed by atoms with Crippen LogP contribution in [0.2, 0.25) is 0 Å². The van der Waals surface area contributed by atoms with Crippen LogP contribution in [0.15, 0.2) is 53.4 Å². The van der Waals surface area contributed by atoms with Crippen LogP contribution in [-0.4, -0.2) is 24.2 Å². The number of para-hydroxylation sites is 1. The average Bonchev–Trinajstić information content (AvgIpc) is 2.97. The molecule has 5 nitrogen and oxygen atoms in total. The summed E-state index contributed by atoms with van der Waals surface area (Å²) in [6, 6.07) is 13.5. The lowest BCUT2D eigenvalue weighted by Gasteiger charge is -2.36. The molecule has 0 fully saturated rings. The second-order valence-corrected chi connectivity index (χ2v) is 8.96. The quantitative estimate of drug-likeness (QED) is 0.665. The highest BCUT2D eigenvalue weighted by Crippen LogP contribution is 2.37. The lowest BCUT2D eigenvalue weighted by atomic mass is 9.99. The molecule has 7 heteroatoms. The molecule has 1 aliphatic heterocycles. The summed E-state index contributed by atoms with van der Waals surface area (Å²) in [7, 11) is -3.86. The smallest absolute Gasteiger partial charge is 0.263 e. The Hall–Kier alpha value is -2.67. The molecule has 3 aromatic rings. The molecule has 0 saturated heterocycles. The zero-order valence-electron chi connectivity index (χ0n) is 16.1. The van der Waals surface area contributed by atoms with Crippen LogP contribution in [0.3, 0.4) is 0 Å². The van der Waals surface area contributed by atoms with Crippen LogP contribution >= 0.6 is 0 Å². The highest BCUT2D eigenvalue weighted by molar-refractivity contribution is 7.93. The van der Waals surface area contributed by atoms with Crippen LogP contribution in [0.5, 0.6) is 0 Å². The van der Waals surface area contributed by atoms with Gasteiger partial charge in [-0.3, -0.25) is 4.31 Å². The first kappa shape index (κ1) is 18.7. The third-order valence-electron chi connectivity index (χ3n) is 5.25. The topological polar surface area (TPSA) is 55.2 Å². The second-order valence-electron chi connectivity index (χ2n) is 7.21. The van der Waals surface area contributed by atoms with E-state index in [1.807, 2.05) is 37.3 Å². The molecule has 1 aliphatic rings. The van der Waals surface area contributed by atoms with E-state index in [4.69, 9.17) is 0 Å². The van der Waals surface area contributed by atoms with Crippen molar-refractivity contribution in [3.8, 4) is 5.69 Å². The Morgan fingerprint density at radius 1 is 1.11 bits per heavy atom. The van der Waals surface area contributed by atoms with Gasteiger partial charge in [-0.2, -0.15) is 5.10 Å². The summed E-state index contributed by atoms with van der Waals surface area (Å²) in [5, 5.41) is 4.49. The predicted octanol–water partition coefficient (Wildman–Crippen LogP) is 4.16. The molecule has 28 heavy (non-hydrogen) atoms. The van der Waals surface area contributed by atoms with Crippen molar-refractivity contribution in [3.05, 3.63) is 71.3 Å². The number of aromatic nitrogens is 2. The maximum Gasteiger partial charge on any atom is 0.268 e. The normalized spacial score (nSPS) is 16.9. The number of hydrogen-bond acceptors (Lipinski definition) is 3. The molecule has 0 N–H and O–H groups in total. The summed E-state index contributed by atoms with van der Waals surface area (Å²) in [6.45, 7) is 5.36. The molecular formula is C21H22FN3O2S. The first-order valence-corrected chi connectivity index (χ1v) is 10.7. The monoisotopic (exact) mass is 399 g/mol. The van der Waals surface area contributed by atoms with Gasteiger partial charge in [0.15, 0.2) is 0 Å². The van der Waals surface area contributed by atoms with Gasteiger partial charge in [0.25, 0.3) is 10.0 Å². The summed E-state index contributed by atoms with van der Waals surface area (Å²) in [6.07, 6.45) is 1.29. The number of halogens is 1. The van der Waals surface area contributed by atoms with Crippen LogP contribution in [0.1, 0.15) is 30.3 Å². The molecule has 0 amide bonds. The van der Waals surface area contributed by atoms with Gasteiger partial charge in [-0.1, -0.05) is 18.2 Å². The Morgan fingerprint density at radius 2 is 1.82 bits per heavy atom. The molecule has 0 radical (unpaired) electrons. The van der Waals surface area contributed by atoms with Crippen molar-refractivity contribution >= 4 is 15.7 Å². The Bertz CT molecular complexity index is 1140. The van der Waals surface area contributed by atoms with E-state index in [2.05, 4.69) is 5.10 Å². The standard InChI is InChI=1S/C21H22FN3O2S/c1-14-9-10-17-13-18(22)11-12-20(17)25(14)28(26,27)21-15(2)23-24(16(21)3)19-7-5-4-6-8-19/h4-8,11-14H,9-10H2,1-3H3. The zero-order valence-corrected chi connectivity index (χ0v) is 16.9. The molecule has 2 heterocycles. The first-order valence-electron chi connectivity index (χ1n) is 9.25. The van der Waals surface area contributed by atoms with Gasteiger partial charge in [-0.15, -0.1) is 0 Å². The molecule has 1 aromatic heterocycles. The zero-order chi connectivity index (χ0) is 20.1. The van der Waals surface area contributed by atoms with Crippen LogP contribution in [0, 0.1) is 19.7 Å². The minimum atomic E-state index is -3.86. The van der Waals surface area contributed by atoms with Crippen molar-refractivity contribution in [2.24, 2.45) is 0 Å². The number of fused-ring (bicyclic) bond motifs is 1. The van der Waals surface area contributed by atoms with Crippen molar-refractivity contribution in [1.82, 2.24) is 9.78 Å². The average molecular weight is 399 g/mol. The highest BCUT2D eigenvalue weighted by Gasteiger charge is 2.37. The van der Waals surface area contributed by atoms with Crippen molar-refractivity contribution < 1.29 is 12.8 Å². The molecule has 2 aromatic carbocycles. The summed E-state index contributed by atoms with van der Waals surface area (Å²) >= 11 is 0. The maximum absolute atomic E-state index is 13.7. The minimum absolute atomic E-state index is 0.209. The summed E-state index contributed by atoms with van der Waals surface area (Å²) in [5.41, 5.74) is 3.07. The third-order valence-corrected chi connectivity index (χ3v) is 7.43. The lowest BCUT2D eigenvalue weighted by molar-refractivity contribution is 0.559. The summed E-state index contributed by atoms with van der Waals surface area (Å²) in [4.78, 5) is 0.209. The van der Waals surface area contributed by atoms with Crippen LogP contribution < -0.4 is 4.31 Å². The summed E-state index contributed by atoms with van der Waals surface area (Å²) in [5.74, 6) is -0.352. The third kappa shape index (κ3) is 2.90. The Kier molecular flexibility index (Phi) is 4.50. The molecule has 0 aliphatic carbocycles. The Balaban J connectivity index is 1.88. The van der Waals surface area contributed by atoms with Gasteiger partial charge in [0.2, 0.25) is 0 Å². The van der Waals surface area contributed by atoms with Crippen molar-refractivity contribution in [1.29, 1.82) is 0 Å². The van der Waals surface area contributed by atoms with Gasteiger partial charge in [0, 0.05) is 6.04 Å². The van der Waals surface area contributed by atoms with E-state index >= 15 is 0 Å². The number of sulfonamides is 1. The number of aryl methyl sites for hydroxylation is 2. The summed E-state index contributed by atoms with van der Waals surface area (Å²) < 4.78 is 44.2. The number of nitrogens with zero attached hydrogens (tertiary/aromatic N) is 3. The SMILES string of the molecule is Cc1nn(-c2ccccc2)c(C)c1S(=O)(=O)N1c2ccc(F)cc2CCC1C. The lowest BCUT2D eigenvalue weighted by Crippen LogP contribution is -2.42. The fourth-order valence-corrected chi connectivity index (χ4v) is 6.06. The molecular weight excluding hydrogens is 377 g/mol. The van der Waals surface area contributed by atoms with Crippen LogP contribution in [0.25, 0.3) is 5.69 Å². The van der Waals surface area contributed by atoms with Crippen LogP contribution in [-0.2, 0) is 16.4 Å². The number of anilines is 1. The molecule has 0 spiro atoms. The molecule has 0 bridgehead atoms. The van der Waals surface area contributed by atoms with Gasteiger partial charge in [0.1, 0.15) is 10.7 Å². The molecule has 0 saturated carbocycles. The second kappa shape index (κ2) is 6.74. The predicted molar refractivity (Wildman–Crippen MR) is 107 cm³/mol.